The summed E-state index contributed by atoms with van der Waals surface area (Å²) in [7, 11) is 0. The Kier molecular flexibility index (Phi) is 4.18. The van der Waals surface area contributed by atoms with E-state index in [4.69, 9.17) is 28.6 Å². The van der Waals surface area contributed by atoms with E-state index in [1.807, 2.05) is 24.3 Å². The van der Waals surface area contributed by atoms with Crippen molar-refractivity contribution >= 4 is 40.2 Å². The molecule has 0 bridgehead atoms. The maximum Gasteiger partial charge on any atom is 0.318 e. The average Bonchev–Trinajstić information content (AvgIpc) is 2.54. The van der Waals surface area contributed by atoms with Gasteiger partial charge < -0.3 is 4.74 Å². The molecule has 0 fully saturated rings. The van der Waals surface area contributed by atoms with Gasteiger partial charge in [-0.3, -0.25) is 9.36 Å². The van der Waals surface area contributed by atoms with Crippen LogP contribution in [0.3, 0.4) is 0 Å². The molecule has 0 atom stereocenters. The minimum atomic E-state index is -0.335. The summed E-state index contributed by atoms with van der Waals surface area (Å²) in [6.45, 7) is 0.149. The molecule has 0 spiro atoms. The number of halogens is 1. The highest BCUT2D eigenvalue weighted by molar-refractivity contribution is 7.79. The minimum absolute atomic E-state index is 0.0229. The lowest BCUT2D eigenvalue weighted by Crippen LogP contribution is -2.23. The van der Waals surface area contributed by atoms with Crippen LogP contribution in [-0.4, -0.2) is 21.5 Å². The third-order valence-electron chi connectivity index (χ3n) is 3.10. The lowest BCUT2D eigenvalue weighted by Gasteiger charge is -2.12. The van der Waals surface area contributed by atoms with Crippen molar-refractivity contribution in [3.8, 4) is 11.6 Å². The number of nitrogens with zero attached hydrogens (tertiary/aromatic N) is 2. The van der Waals surface area contributed by atoms with Crippen LogP contribution < -0.4 is 10.3 Å². The van der Waals surface area contributed by atoms with Crippen LogP contribution in [0.1, 0.15) is 0 Å². The van der Waals surface area contributed by atoms with Crippen LogP contribution >= 0.6 is 23.8 Å². The van der Waals surface area contributed by atoms with Crippen LogP contribution in [-0.2, 0) is 0 Å². The Labute approximate surface area is 136 Å². The first-order chi connectivity index (χ1) is 10.7. The van der Waals surface area contributed by atoms with E-state index in [2.05, 4.69) is 4.98 Å². The van der Waals surface area contributed by atoms with Gasteiger partial charge in [-0.25, -0.2) is 4.98 Å². The zero-order chi connectivity index (χ0) is 15.5. The highest BCUT2D eigenvalue weighted by Gasteiger charge is 2.13. The summed E-state index contributed by atoms with van der Waals surface area (Å²) >= 11 is 10.6. The molecule has 0 radical (unpaired) electrons. The van der Waals surface area contributed by atoms with E-state index in [-0.39, 0.29) is 18.0 Å². The molecule has 22 heavy (non-hydrogen) atoms. The van der Waals surface area contributed by atoms with Gasteiger partial charge >= 0.3 is 5.56 Å². The van der Waals surface area contributed by atoms with Gasteiger partial charge in [0.15, 0.2) is 0 Å². The van der Waals surface area contributed by atoms with Crippen LogP contribution in [0.4, 0.5) is 0 Å². The Hall–Kier alpha value is -2.24. The summed E-state index contributed by atoms with van der Waals surface area (Å²) in [6, 6.07) is 14.4. The van der Waals surface area contributed by atoms with Gasteiger partial charge in [-0.15, -0.1) is 0 Å². The molecule has 0 saturated heterocycles. The summed E-state index contributed by atoms with van der Waals surface area (Å²) in [5.41, 5.74) is 1.72. The molecule has 0 unspecified atom stereocenters. The zero-order valence-corrected chi connectivity index (χ0v) is 13.0. The Morgan fingerprint density at radius 3 is 2.64 bits per heavy atom. The van der Waals surface area contributed by atoms with E-state index in [9.17, 15) is 4.79 Å². The number of para-hydroxylation sites is 2. The number of thiocarbonyl (C=S) groups is 1. The van der Waals surface area contributed by atoms with E-state index in [0.717, 1.165) is 0 Å². The normalized spacial score (nSPS) is 10.6. The standard InChI is InChI=1S/C16H11ClN2O2S/c17-11-5-7-12(8-6-11)19-14-4-2-1-3-13(14)18-15(16(19)20)21-9-10-22/h1-8,10H,9H2. The van der Waals surface area contributed by atoms with E-state index < -0.39 is 0 Å². The summed E-state index contributed by atoms with van der Waals surface area (Å²) in [5.74, 6) is 0.0229. The molecule has 0 N–H and O–H groups in total. The second-order valence-corrected chi connectivity index (χ2v) is 5.27. The SMILES string of the molecule is O=c1c(OCC=S)nc2ccccc2n1-c1ccc(Cl)cc1. The zero-order valence-electron chi connectivity index (χ0n) is 11.4. The molecular weight excluding hydrogens is 320 g/mol. The van der Waals surface area contributed by atoms with Gasteiger partial charge in [0.1, 0.15) is 6.61 Å². The third-order valence-corrected chi connectivity index (χ3v) is 3.49. The van der Waals surface area contributed by atoms with Crippen molar-refractivity contribution in [2.24, 2.45) is 0 Å². The molecule has 0 amide bonds. The van der Waals surface area contributed by atoms with Gasteiger partial charge in [0.2, 0.25) is 0 Å². The van der Waals surface area contributed by atoms with Crippen molar-refractivity contribution in [3.63, 3.8) is 0 Å². The van der Waals surface area contributed by atoms with Gasteiger partial charge in [-0.05, 0) is 36.4 Å². The Morgan fingerprint density at radius 2 is 1.91 bits per heavy atom. The Morgan fingerprint density at radius 1 is 1.18 bits per heavy atom. The molecule has 0 aliphatic carbocycles. The number of fused-ring (bicyclic) bond motifs is 1. The fourth-order valence-electron chi connectivity index (χ4n) is 2.16. The highest BCUT2D eigenvalue weighted by Crippen LogP contribution is 2.19. The number of hydrogen-bond donors (Lipinski definition) is 0. The van der Waals surface area contributed by atoms with Crippen LogP contribution in [0.25, 0.3) is 16.7 Å². The topological polar surface area (TPSA) is 44.1 Å². The molecule has 1 heterocycles. The van der Waals surface area contributed by atoms with Crippen molar-refractivity contribution in [1.29, 1.82) is 0 Å². The first-order valence-corrected chi connectivity index (χ1v) is 7.40. The van der Waals surface area contributed by atoms with Crippen molar-refractivity contribution in [2.75, 3.05) is 6.61 Å². The van der Waals surface area contributed by atoms with Crippen molar-refractivity contribution < 1.29 is 4.74 Å². The molecule has 3 rings (SSSR count). The van der Waals surface area contributed by atoms with Crippen molar-refractivity contribution in [2.45, 2.75) is 0 Å². The summed E-state index contributed by atoms with van der Waals surface area (Å²) in [4.78, 5) is 16.9. The van der Waals surface area contributed by atoms with Gasteiger partial charge in [0.25, 0.3) is 5.88 Å². The minimum Gasteiger partial charge on any atom is -0.469 e. The molecular formula is C16H11ClN2O2S. The van der Waals surface area contributed by atoms with Gasteiger partial charge in [-0.2, -0.15) is 0 Å². The lowest BCUT2D eigenvalue weighted by atomic mass is 10.2. The predicted octanol–water partition coefficient (Wildman–Crippen LogP) is 3.42. The summed E-state index contributed by atoms with van der Waals surface area (Å²) in [6.07, 6.45) is 0. The summed E-state index contributed by atoms with van der Waals surface area (Å²) in [5, 5.41) is 2.01. The largest absolute Gasteiger partial charge is 0.469 e. The van der Waals surface area contributed by atoms with Gasteiger partial charge in [0.05, 0.1) is 11.0 Å². The fraction of sp³-hybridized carbons (Fsp3) is 0.0625. The fourth-order valence-corrected chi connectivity index (χ4v) is 2.36. The molecule has 0 aliphatic rings. The quantitative estimate of drug-likeness (QED) is 0.688. The Balaban J connectivity index is 2.30. The van der Waals surface area contributed by atoms with Crippen LogP contribution in [0.15, 0.2) is 53.3 Å². The van der Waals surface area contributed by atoms with Gasteiger partial charge in [-0.1, -0.05) is 36.0 Å². The first-order valence-electron chi connectivity index (χ1n) is 6.55. The van der Waals surface area contributed by atoms with Crippen LogP contribution in [0, 0.1) is 0 Å². The maximum atomic E-state index is 12.7. The molecule has 3 aromatic rings. The van der Waals surface area contributed by atoms with E-state index in [0.29, 0.717) is 21.7 Å². The van der Waals surface area contributed by atoms with Gasteiger partial charge in [0, 0.05) is 16.1 Å². The molecule has 1 aromatic heterocycles. The molecule has 110 valence electrons. The maximum absolute atomic E-state index is 12.7. The van der Waals surface area contributed by atoms with E-state index in [1.54, 1.807) is 28.8 Å². The van der Waals surface area contributed by atoms with Crippen molar-refractivity contribution in [1.82, 2.24) is 9.55 Å². The van der Waals surface area contributed by atoms with Crippen LogP contribution in [0.2, 0.25) is 5.02 Å². The molecule has 6 heteroatoms. The van der Waals surface area contributed by atoms with E-state index >= 15 is 0 Å². The highest BCUT2D eigenvalue weighted by atomic mass is 35.5. The third kappa shape index (κ3) is 2.73. The molecule has 4 nitrogen and oxygen atoms in total. The number of ether oxygens (including phenoxy) is 1. The smallest absolute Gasteiger partial charge is 0.318 e. The number of rotatable bonds is 4. The lowest BCUT2D eigenvalue weighted by molar-refractivity contribution is 0.361. The van der Waals surface area contributed by atoms with E-state index in [1.165, 1.54) is 5.37 Å². The molecule has 0 aliphatic heterocycles. The second-order valence-electron chi connectivity index (χ2n) is 4.50. The number of aromatic nitrogens is 2. The second kappa shape index (κ2) is 6.25. The monoisotopic (exact) mass is 330 g/mol. The molecule has 2 aromatic carbocycles. The van der Waals surface area contributed by atoms with Crippen molar-refractivity contribution in [3.05, 3.63) is 63.9 Å². The average molecular weight is 331 g/mol. The molecule has 0 saturated carbocycles. The summed E-state index contributed by atoms with van der Waals surface area (Å²) < 4.78 is 6.90. The van der Waals surface area contributed by atoms with Crippen LogP contribution in [0.5, 0.6) is 5.88 Å². The number of benzene rings is 2. The Bertz CT molecular complexity index is 891. The number of hydrogen-bond acceptors (Lipinski definition) is 4. The predicted molar refractivity (Wildman–Crippen MR) is 91.5 cm³/mol. The first kappa shape index (κ1) is 14.7.